The van der Waals surface area contributed by atoms with E-state index in [1.807, 2.05) is 0 Å². The van der Waals surface area contributed by atoms with Crippen molar-refractivity contribution in [2.24, 2.45) is 0 Å². The number of unbranched alkanes of at least 4 members (excludes halogenated alkanes) is 26. The molecule has 0 spiro atoms. The Bertz CT molecular complexity index is 2580. The highest BCUT2D eigenvalue weighted by Gasteiger charge is 2.30. The predicted octanol–water partition coefficient (Wildman–Crippen LogP) is 24.2. The van der Waals surface area contributed by atoms with Crippen molar-refractivity contribution in [3.05, 3.63) is 146 Å². The summed E-state index contributed by atoms with van der Waals surface area (Å²) in [6.07, 6.45) is 89.6. The largest absolute Gasteiger partial charge is 0.472 e. The Morgan fingerprint density at radius 2 is 0.491 bits per heavy atom. The van der Waals surface area contributed by atoms with Gasteiger partial charge in [0.1, 0.15) is 19.3 Å². The summed E-state index contributed by atoms with van der Waals surface area (Å²) >= 11 is 0. The third kappa shape index (κ3) is 77.1. The average molecular weight is 1530 g/mol. The van der Waals surface area contributed by atoms with Crippen molar-refractivity contribution < 1.29 is 80.2 Å². The summed E-state index contributed by atoms with van der Waals surface area (Å²) in [5.74, 6) is -2.25. The number of allylic oxidation sites excluding steroid dienone is 24. The molecular weight excluding hydrogens is 1380 g/mol. The van der Waals surface area contributed by atoms with Crippen molar-refractivity contribution in [2.45, 2.75) is 341 Å². The van der Waals surface area contributed by atoms with Crippen LogP contribution in [0.1, 0.15) is 323 Å². The second-order valence-corrected chi connectivity index (χ2v) is 29.8. The normalized spacial score (nSPS) is 14.6. The van der Waals surface area contributed by atoms with Gasteiger partial charge >= 0.3 is 39.5 Å². The number of aliphatic hydroxyl groups is 1. The second kappa shape index (κ2) is 78.1. The van der Waals surface area contributed by atoms with Gasteiger partial charge in [0, 0.05) is 25.7 Å². The number of hydrogen-bond donors (Lipinski definition) is 3. The van der Waals surface area contributed by atoms with Crippen LogP contribution in [0, 0.1) is 0 Å². The van der Waals surface area contributed by atoms with Crippen molar-refractivity contribution in [2.75, 3.05) is 39.6 Å². The Morgan fingerprint density at radius 3 is 0.774 bits per heavy atom. The molecule has 0 saturated heterocycles. The molecule has 0 amide bonds. The summed E-state index contributed by atoms with van der Waals surface area (Å²) < 4.78 is 68.6. The molecule has 0 aliphatic carbocycles. The lowest BCUT2D eigenvalue weighted by Crippen LogP contribution is -2.30. The van der Waals surface area contributed by atoms with E-state index in [4.69, 9.17) is 37.0 Å². The Labute approximate surface area is 643 Å². The van der Waals surface area contributed by atoms with E-state index in [9.17, 15) is 43.2 Å². The van der Waals surface area contributed by atoms with E-state index in [0.717, 1.165) is 186 Å². The monoisotopic (exact) mass is 1530 g/mol. The number of ether oxygens (including phenoxy) is 4. The van der Waals surface area contributed by atoms with Gasteiger partial charge in [-0.15, -0.1) is 0 Å². The molecular formula is C87H146O17P2. The molecule has 0 aromatic heterocycles. The zero-order chi connectivity index (χ0) is 77.4. The van der Waals surface area contributed by atoms with Gasteiger partial charge in [-0.1, -0.05) is 302 Å². The zero-order valence-corrected chi connectivity index (χ0v) is 68.1. The molecule has 0 aliphatic rings. The summed E-state index contributed by atoms with van der Waals surface area (Å²) in [6, 6.07) is 0. The maximum atomic E-state index is 13.1. The number of rotatable bonds is 76. The lowest BCUT2D eigenvalue weighted by atomic mass is 10.0. The molecule has 5 unspecified atom stereocenters. The van der Waals surface area contributed by atoms with Gasteiger partial charge in [0.25, 0.3) is 0 Å². The maximum absolute atomic E-state index is 13.1. The minimum absolute atomic E-state index is 0.0357. The summed E-state index contributed by atoms with van der Waals surface area (Å²) in [5, 5.41) is 10.7. The fourth-order valence-electron chi connectivity index (χ4n) is 10.7. The first-order valence-corrected chi connectivity index (χ1v) is 44.1. The van der Waals surface area contributed by atoms with E-state index < -0.39 is 97.5 Å². The van der Waals surface area contributed by atoms with Crippen LogP contribution in [0.25, 0.3) is 0 Å². The average Bonchev–Trinajstić information content (AvgIpc) is 0.933. The third-order valence-corrected chi connectivity index (χ3v) is 18.7. The van der Waals surface area contributed by atoms with Crippen molar-refractivity contribution in [1.82, 2.24) is 0 Å². The third-order valence-electron chi connectivity index (χ3n) is 16.8. The number of phosphoric ester groups is 2. The maximum Gasteiger partial charge on any atom is 0.472 e. The highest BCUT2D eigenvalue weighted by molar-refractivity contribution is 7.47. The van der Waals surface area contributed by atoms with E-state index >= 15 is 0 Å². The summed E-state index contributed by atoms with van der Waals surface area (Å²) in [5.41, 5.74) is 0. The molecule has 0 aromatic carbocycles. The minimum atomic E-state index is -5.00. The number of hydrogen-bond acceptors (Lipinski definition) is 15. The molecule has 0 saturated carbocycles. The van der Waals surface area contributed by atoms with Gasteiger partial charge in [-0.25, -0.2) is 9.13 Å². The van der Waals surface area contributed by atoms with Crippen LogP contribution in [0.2, 0.25) is 0 Å². The molecule has 106 heavy (non-hydrogen) atoms. The van der Waals surface area contributed by atoms with Gasteiger partial charge in [-0.05, 0) is 141 Å². The van der Waals surface area contributed by atoms with E-state index in [1.54, 1.807) is 0 Å². The molecule has 0 heterocycles. The van der Waals surface area contributed by atoms with Crippen molar-refractivity contribution in [3.63, 3.8) is 0 Å². The van der Waals surface area contributed by atoms with Crippen LogP contribution in [-0.2, 0) is 65.4 Å². The number of carbonyl (C=O) groups is 4. The quantitative estimate of drug-likeness (QED) is 0.0169. The molecule has 17 nitrogen and oxygen atoms in total. The standard InChI is InChI=1S/C87H146O17P2/c1-5-9-13-17-21-25-29-33-36-38-40-42-45-48-51-55-59-63-67-71-84(89)97-77-82(103-86(91)73-69-65-61-57-53-47-32-28-24-20-16-12-8-4)79-101-105(93,94)99-75-81(88)76-100-106(95,96)102-80-83(104-87(92)74-70-66-62-58-54-50-44-35-31-27-23-19-15-11-7-3)78-98-85(90)72-68-64-60-56-52-49-46-43-41-39-37-34-30-26-22-18-14-10-6-2/h9-11,13-15,21-23,25-27,33-37,40-44,54,58,81-83,88H,5-8,12,16-20,24,28-32,38-39,45-53,55-57,59-80H2,1-4H3,(H,93,94)(H,95,96)/b13-9-,14-10-,15-11-,25-21-,26-22-,27-23-,36-33-,37-34-,42-40-,43-41-,44-35-,58-54-. The summed E-state index contributed by atoms with van der Waals surface area (Å²) in [4.78, 5) is 73.1. The van der Waals surface area contributed by atoms with E-state index in [2.05, 4.69) is 174 Å². The topological polar surface area (TPSA) is 237 Å². The molecule has 0 fully saturated rings. The number of carbonyl (C=O) groups excluding carboxylic acids is 4. The SMILES string of the molecule is CC/C=C\C/C=C\C/C=C\C/C=C\CCCCCCCCC(=O)OCC(COP(=O)(O)OCC(O)COP(=O)(O)OCC(COC(=O)CCCCCCCC/C=C\C/C=C\C/C=C\C/C=C\CC)OC(=O)CCCCCCCCCCCCCCC)OC(=O)CCCC/C=C\C/C=C\C/C=C\C/C=C\CC. The molecule has 0 rings (SSSR count). The van der Waals surface area contributed by atoms with E-state index in [0.29, 0.717) is 32.1 Å². The fraction of sp³-hybridized carbons (Fsp3) is 0.678. The number of aliphatic hydroxyl groups excluding tert-OH is 1. The first-order chi connectivity index (χ1) is 51.7. The van der Waals surface area contributed by atoms with Gasteiger partial charge in [0.15, 0.2) is 12.2 Å². The zero-order valence-electron chi connectivity index (χ0n) is 66.3. The highest BCUT2D eigenvalue weighted by Crippen LogP contribution is 2.45. The molecule has 3 N–H and O–H groups in total. The second-order valence-electron chi connectivity index (χ2n) is 26.9. The smallest absolute Gasteiger partial charge is 0.462 e. The van der Waals surface area contributed by atoms with Crippen molar-refractivity contribution >= 4 is 39.5 Å². The predicted molar refractivity (Wildman–Crippen MR) is 436 cm³/mol. The molecule has 5 atom stereocenters. The van der Waals surface area contributed by atoms with Crippen LogP contribution < -0.4 is 0 Å². The summed E-state index contributed by atoms with van der Waals surface area (Å²) in [6.45, 7) is 4.48. The van der Waals surface area contributed by atoms with Crippen LogP contribution in [0.5, 0.6) is 0 Å². The lowest BCUT2D eigenvalue weighted by Gasteiger charge is -2.21. The molecule has 0 aromatic rings. The van der Waals surface area contributed by atoms with Gasteiger partial charge in [-0.2, -0.15) is 0 Å². The molecule has 0 aliphatic heterocycles. The van der Waals surface area contributed by atoms with E-state index in [1.165, 1.54) is 51.4 Å². The Hall–Kier alpha value is -5.06. The van der Waals surface area contributed by atoms with Crippen molar-refractivity contribution in [3.8, 4) is 0 Å². The summed E-state index contributed by atoms with van der Waals surface area (Å²) in [7, 11) is -9.99. The highest BCUT2D eigenvalue weighted by atomic mass is 31.2. The van der Waals surface area contributed by atoms with Gasteiger partial charge in [0.05, 0.1) is 26.4 Å². The lowest BCUT2D eigenvalue weighted by molar-refractivity contribution is -0.161. The van der Waals surface area contributed by atoms with Crippen LogP contribution in [0.4, 0.5) is 0 Å². The van der Waals surface area contributed by atoms with Gasteiger partial charge in [0.2, 0.25) is 0 Å². The Morgan fingerprint density at radius 1 is 0.274 bits per heavy atom. The molecule has 606 valence electrons. The minimum Gasteiger partial charge on any atom is -0.462 e. The Kier molecular flexibility index (Phi) is 74.3. The Balaban J connectivity index is 5.39. The number of esters is 4. The van der Waals surface area contributed by atoms with Crippen LogP contribution in [0.15, 0.2) is 146 Å². The van der Waals surface area contributed by atoms with Gasteiger partial charge in [-0.3, -0.25) is 37.3 Å². The van der Waals surface area contributed by atoms with Crippen LogP contribution in [-0.4, -0.2) is 96.7 Å². The fourth-order valence-corrected chi connectivity index (χ4v) is 12.2. The van der Waals surface area contributed by atoms with Crippen LogP contribution in [0.3, 0.4) is 0 Å². The first-order valence-electron chi connectivity index (χ1n) is 41.1. The van der Waals surface area contributed by atoms with Crippen LogP contribution >= 0.6 is 15.6 Å². The molecule has 0 bridgehead atoms. The van der Waals surface area contributed by atoms with Crippen molar-refractivity contribution in [1.29, 1.82) is 0 Å². The van der Waals surface area contributed by atoms with Gasteiger partial charge < -0.3 is 33.8 Å². The van der Waals surface area contributed by atoms with E-state index in [-0.39, 0.29) is 25.7 Å². The molecule has 0 radical (unpaired) electrons. The number of phosphoric acid groups is 2. The first kappa shape index (κ1) is 101. The molecule has 19 heteroatoms.